The van der Waals surface area contributed by atoms with Crippen LogP contribution < -0.4 is 11.3 Å². The molecule has 0 radical (unpaired) electrons. The molecule has 0 spiro atoms. The molecule has 0 fully saturated rings. The summed E-state index contributed by atoms with van der Waals surface area (Å²) in [5.74, 6) is 5.75. The number of anilines is 1. The van der Waals surface area contributed by atoms with E-state index in [1.165, 1.54) is 0 Å². The van der Waals surface area contributed by atoms with Crippen LogP contribution in [0.4, 0.5) is 5.82 Å². The molecular formula is C9H9ClN8. The molecule has 8 nitrogen and oxygen atoms in total. The Morgan fingerprint density at radius 3 is 2.89 bits per heavy atom. The van der Waals surface area contributed by atoms with Gasteiger partial charge < -0.3 is 5.43 Å². The molecule has 0 aliphatic heterocycles. The Morgan fingerprint density at radius 1 is 1.39 bits per heavy atom. The number of hydrogen-bond acceptors (Lipinski definition) is 6. The quantitative estimate of drug-likeness (QED) is 0.397. The van der Waals surface area contributed by atoms with Crippen molar-refractivity contribution < 1.29 is 0 Å². The summed E-state index contributed by atoms with van der Waals surface area (Å²) in [6.45, 7) is 0. The van der Waals surface area contributed by atoms with Gasteiger partial charge in [-0.15, -0.1) is 0 Å². The van der Waals surface area contributed by atoms with Gasteiger partial charge in [-0.25, -0.2) is 10.8 Å². The normalized spacial score (nSPS) is 11.1. The minimum atomic E-state index is 0.0982. The van der Waals surface area contributed by atoms with Crippen LogP contribution in [-0.2, 0) is 7.05 Å². The van der Waals surface area contributed by atoms with Crippen LogP contribution in [0.5, 0.6) is 0 Å². The van der Waals surface area contributed by atoms with E-state index in [1.54, 1.807) is 21.8 Å². The van der Waals surface area contributed by atoms with Gasteiger partial charge in [0.25, 0.3) is 0 Å². The Balaban J connectivity index is 2.28. The molecule has 92 valence electrons. The van der Waals surface area contributed by atoms with Gasteiger partial charge in [0.15, 0.2) is 17.0 Å². The maximum Gasteiger partial charge on any atom is 0.226 e. The first-order chi connectivity index (χ1) is 8.69. The number of imidazole rings is 1. The average Bonchev–Trinajstić information content (AvgIpc) is 2.93. The highest BCUT2D eigenvalue weighted by Crippen LogP contribution is 2.22. The third kappa shape index (κ3) is 1.59. The van der Waals surface area contributed by atoms with E-state index < -0.39 is 0 Å². The SMILES string of the molecule is Cn1cc(-n2cnc3c(NN)nc(Cl)nc32)cn1. The number of fused-ring (bicyclic) bond motifs is 1. The number of rotatable bonds is 2. The summed E-state index contributed by atoms with van der Waals surface area (Å²) in [5, 5.41) is 4.19. The second kappa shape index (κ2) is 3.93. The molecule has 0 saturated heterocycles. The van der Waals surface area contributed by atoms with Crippen LogP contribution in [0.1, 0.15) is 0 Å². The van der Waals surface area contributed by atoms with Gasteiger partial charge in [-0.3, -0.25) is 9.25 Å². The summed E-state index contributed by atoms with van der Waals surface area (Å²) in [6.07, 6.45) is 5.16. The molecule has 3 N–H and O–H groups in total. The predicted octanol–water partition coefficient (Wildman–Crippen LogP) is 0.488. The van der Waals surface area contributed by atoms with Crippen LogP contribution in [0.25, 0.3) is 16.9 Å². The van der Waals surface area contributed by atoms with Crippen LogP contribution in [0.3, 0.4) is 0 Å². The third-order valence-electron chi connectivity index (χ3n) is 2.47. The number of aromatic nitrogens is 6. The van der Waals surface area contributed by atoms with Gasteiger partial charge in [-0.2, -0.15) is 15.1 Å². The van der Waals surface area contributed by atoms with E-state index >= 15 is 0 Å². The van der Waals surface area contributed by atoms with E-state index in [0.29, 0.717) is 17.0 Å². The summed E-state index contributed by atoms with van der Waals surface area (Å²) in [5.41, 5.74) is 4.39. The lowest BCUT2D eigenvalue weighted by Gasteiger charge is -2.02. The minimum absolute atomic E-state index is 0.0982. The standard InChI is InChI=1S/C9H9ClN8/c1-17-3-5(2-13-17)18-4-12-6-7(16-11)14-9(10)15-8(6)18/h2-4H,11H2,1H3,(H,14,15,16). The van der Waals surface area contributed by atoms with Gasteiger partial charge >= 0.3 is 0 Å². The number of nitrogens with zero attached hydrogens (tertiary/aromatic N) is 6. The van der Waals surface area contributed by atoms with Crippen LogP contribution in [0.2, 0.25) is 5.28 Å². The van der Waals surface area contributed by atoms with Crippen LogP contribution in [-0.4, -0.2) is 29.3 Å². The molecule has 3 aromatic rings. The maximum absolute atomic E-state index is 5.84. The molecule has 0 aliphatic carbocycles. The van der Waals surface area contributed by atoms with Crippen molar-refractivity contribution in [2.24, 2.45) is 12.9 Å². The Hall–Kier alpha value is -2.19. The fraction of sp³-hybridized carbons (Fsp3) is 0.111. The second-order valence-corrected chi connectivity index (χ2v) is 3.98. The van der Waals surface area contributed by atoms with Gasteiger partial charge in [0.2, 0.25) is 5.28 Å². The van der Waals surface area contributed by atoms with Crippen molar-refractivity contribution in [1.29, 1.82) is 0 Å². The summed E-state index contributed by atoms with van der Waals surface area (Å²) in [4.78, 5) is 12.3. The van der Waals surface area contributed by atoms with Crippen molar-refractivity contribution in [1.82, 2.24) is 29.3 Å². The number of hydrogen-bond donors (Lipinski definition) is 2. The van der Waals surface area contributed by atoms with E-state index in [4.69, 9.17) is 17.4 Å². The van der Waals surface area contributed by atoms with Crippen molar-refractivity contribution in [3.05, 3.63) is 24.0 Å². The Bertz CT molecular complexity index is 715. The number of nitrogen functional groups attached to an aromatic ring is 1. The molecule has 0 amide bonds. The highest BCUT2D eigenvalue weighted by Gasteiger charge is 2.13. The first-order valence-corrected chi connectivity index (χ1v) is 5.43. The van der Waals surface area contributed by atoms with Crippen molar-refractivity contribution in [2.45, 2.75) is 0 Å². The molecule has 0 unspecified atom stereocenters. The van der Waals surface area contributed by atoms with Gasteiger partial charge in [-0.1, -0.05) is 0 Å². The molecule has 0 saturated carbocycles. The van der Waals surface area contributed by atoms with E-state index in [1.807, 2.05) is 13.2 Å². The van der Waals surface area contributed by atoms with Crippen molar-refractivity contribution >= 4 is 28.6 Å². The van der Waals surface area contributed by atoms with E-state index in [-0.39, 0.29) is 5.28 Å². The first kappa shape index (κ1) is 10.9. The zero-order valence-corrected chi connectivity index (χ0v) is 10.1. The lowest BCUT2D eigenvalue weighted by Crippen LogP contribution is -2.10. The Kier molecular flexibility index (Phi) is 2.39. The summed E-state index contributed by atoms with van der Waals surface area (Å²) in [6, 6.07) is 0. The second-order valence-electron chi connectivity index (χ2n) is 3.64. The summed E-state index contributed by atoms with van der Waals surface area (Å²) < 4.78 is 3.45. The van der Waals surface area contributed by atoms with Crippen molar-refractivity contribution in [2.75, 3.05) is 5.43 Å². The highest BCUT2D eigenvalue weighted by molar-refractivity contribution is 6.28. The number of nitrogens with two attached hydrogens (primary N) is 1. The monoisotopic (exact) mass is 264 g/mol. The molecule has 0 atom stereocenters. The van der Waals surface area contributed by atoms with E-state index in [9.17, 15) is 0 Å². The summed E-state index contributed by atoms with van der Waals surface area (Å²) in [7, 11) is 1.83. The average molecular weight is 265 g/mol. The zero-order valence-electron chi connectivity index (χ0n) is 9.37. The van der Waals surface area contributed by atoms with Crippen LogP contribution >= 0.6 is 11.6 Å². The van der Waals surface area contributed by atoms with Gasteiger partial charge in [-0.05, 0) is 11.6 Å². The Labute approximate surface area is 106 Å². The first-order valence-electron chi connectivity index (χ1n) is 5.05. The fourth-order valence-corrected chi connectivity index (χ4v) is 1.86. The Morgan fingerprint density at radius 2 is 2.22 bits per heavy atom. The number of hydrazine groups is 1. The van der Waals surface area contributed by atoms with Crippen molar-refractivity contribution in [3.8, 4) is 5.69 Å². The highest BCUT2D eigenvalue weighted by atomic mass is 35.5. The van der Waals surface area contributed by atoms with Gasteiger partial charge in [0, 0.05) is 13.2 Å². The predicted molar refractivity (Wildman–Crippen MR) is 66.2 cm³/mol. The zero-order chi connectivity index (χ0) is 12.7. The number of aryl methyl sites for hydroxylation is 1. The van der Waals surface area contributed by atoms with E-state index in [0.717, 1.165) is 5.69 Å². The van der Waals surface area contributed by atoms with E-state index in [2.05, 4.69) is 25.5 Å². The molecule has 3 aromatic heterocycles. The smallest absolute Gasteiger partial charge is 0.226 e. The molecule has 9 heteroatoms. The van der Waals surface area contributed by atoms with Crippen molar-refractivity contribution in [3.63, 3.8) is 0 Å². The largest absolute Gasteiger partial charge is 0.306 e. The third-order valence-corrected chi connectivity index (χ3v) is 2.64. The molecule has 0 aliphatic rings. The molecule has 18 heavy (non-hydrogen) atoms. The van der Waals surface area contributed by atoms with Gasteiger partial charge in [0.05, 0.1) is 11.9 Å². The fourth-order valence-electron chi connectivity index (χ4n) is 1.70. The molecule has 3 heterocycles. The summed E-state index contributed by atoms with van der Waals surface area (Å²) >= 11 is 5.84. The molecule has 0 bridgehead atoms. The van der Waals surface area contributed by atoms with Crippen LogP contribution in [0, 0.1) is 0 Å². The maximum atomic E-state index is 5.84. The van der Waals surface area contributed by atoms with Crippen LogP contribution in [0.15, 0.2) is 18.7 Å². The molecule has 0 aromatic carbocycles. The minimum Gasteiger partial charge on any atom is -0.306 e. The topological polar surface area (TPSA) is 99.5 Å². The number of nitrogens with one attached hydrogen (secondary N) is 1. The number of halogens is 1. The lowest BCUT2D eigenvalue weighted by atomic mass is 10.5. The molecule has 3 rings (SSSR count). The lowest BCUT2D eigenvalue weighted by molar-refractivity contribution is 0.767. The molecular weight excluding hydrogens is 256 g/mol. The van der Waals surface area contributed by atoms with Gasteiger partial charge in [0.1, 0.15) is 6.33 Å².